The van der Waals surface area contributed by atoms with Gasteiger partial charge in [0.05, 0.1) is 19.3 Å². The Morgan fingerprint density at radius 3 is 2.75 bits per heavy atom. The molecule has 128 valence electrons. The molecule has 1 unspecified atom stereocenters. The molecule has 0 saturated heterocycles. The summed E-state index contributed by atoms with van der Waals surface area (Å²) in [7, 11) is 0. The first kappa shape index (κ1) is 16.8. The lowest BCUT2D eigenvalue weighted by Crippen LogP contribution is -2.30. The first-order valence-electron chi connectivity index (χ1n) is 8.20. The van der Waals surface area contributed by atoms with Crippen LogP contribution < -0.4 is 14.8 Å². The largest absolute Gasteiger partial charge is 0.454 e. The van der Waals surface area contributed by atoms with Crippen molar-refractivity contribution >= 4 is 0 Å². The van der Waals surface area contributed by atoms with E-state index in [2.05, 4.69) is 17.4 Å². The highest BCUT2D eigenvalue weighted by Gasteiger charge is 2.13. The van der Waals surface area contributed by atoms with E-state index in [9.17, 15) is 5.11 Å². The molecule has 1 aliphatic heterocycles. The van der Waals surface area contributed by atoms with Gasteiger partial charge in [0.15, 0.2) is 11.5 Å². The van der Waals surface area contributed by atoms with Crippen LogP contribution in [0.3, 0.4) is 0 Å². The van der Waals surface area contributed by atoms with Crippen LogP contribution in [-0.2, 0) is 17.7 Å². The second-order valence-corrected chi connectivity index (χ2v) is 5.78. The highest BCUT2D eigenvalue weighted by molar-refractivity contribution is 5.44. The summed E-state index contributed by atoms with van der Waals surface area (Å²) < 4.78 is 16.2. The number of hydrogen-bond acceptors (Lipinski definition) is 5. The summed E-state index contributed by atoms with van der Waals surface area (Å²) in [6.07, 6.45) is 0.341. The third-order valence-electron chi connectivity index (χ3n) is 3.83. The van der Waals surface area contributed by atoms with Crippen molar-refractivity contribution in [3.05, 3.63) is 59.7 Å². The van der Waals surface area contributed by atoms with Crippen LogP contribution in [0.15, 0.2) is 48.5 Å². The smallest absolute Gasteiger partial charge is 0.231 e. The summed E-state index contributed by atoms with van der Waals surface area (Å²) in [6, 6.07) is 16.0. The normalized spacial score (nSPS) is 13.9. The van der Waals surface area contributed by atoms with Gasteiger partial charge in [-0.1, -0.05) is 36.4 Å². The standard InChI is InChI=1S/C19H23NO4/c21-17(13-22-9-8-15-4-2-1-3-5-15)12-20-11-16-6-7-18-19(10-16)24-14-23-18/h1-7,10,17,20-21H,8-9,11-14H2. The molecule has 1 atom stereocenters. The fourth-order valence-electron chi connectivity index (χ4n) is 2.55. The van der Waals surface area contributed by atoms with Crippen molar-refractivity contribution in [2.45, 2.75) is 19.1 Å². The lowest BCUT2D eigenvalue weighted by Gasteiger charge is -2.12. The predicted molar refractivity (Wildman–Crippen MR) is 91.2 cm³/mol. The molecule has 2 aromatic carbocycles. The lowest BCUT2D eigenvalue weighted by molar-refractivity contribution is 0.0382. The first-order valence-corrected chi connectivity index (χ1v) is 8.20. The maximum absolute atomic E-state index is 9.95. The fraction of sp³-hybridized carbons (Fsp3) is 0.368. The van der Waals surface area contributed by atoms with E-state index in [1.54, 1.807) is 0 Å². The van der Waals surface area contributed by atoms with E-state index < -0.39 is 6.10 Å². The van der Waals surface area contributed by atoms with Crippen molar-refractivity contribution in [1.29, 1.82) is 0 Å². The molecule has 3 rings (SSSR count). The molecule has 0 bridgehead atoms. The maximum atomic E-state index is 9.95. The summed E-state index contributed by atoms with van der Waals surface area (Å²) in [5, 5.41) is 13.2. The molecule has 0 fully saturated rings. The summed E-state index contributed by atoms with van der Waals surface area (Å²) >= 11 is 0. The number of aliphatic hydroxyl groups excluding tert-OH is 1. The van der Waals surface area contributed by atoms with Gasteiger partial charge < -0.3 is 24.6 Å². The van der Waals surface area contributed by atoms with Crippen LogP contribution in [-0.4, -0.2) is 37.8 Å². The molecule has 2 aromatic rings. The van der Waals surface area contributed by atoms with Gasteiger partial charge in [0.1, 0.15) is 0 Å². The van der Waals surface area contributed by atoms with Crippen LogP contribution in [0.1, 0.15) is 11.1 Å². The molecule has 0 aliphatic carbocycles. The van der Waals surface area contributed by atoms with Gasteiger partial charge in [-0.15, -0.1) is 0 Å². The number of aliphatic hydroxyl groups is 1. The topological polar surface area (TPSA) is 60.0 Å². The Balaban J connectivity index is 1.29. The summed E-state index contributed by atoms with van der Waals surface area (Å²) in [4.78, 5) is 0. The van der Waals surface area contributed by atoms with Gasteiger partial charge in [0.25, 0.3) is 0 Å². The van der Waals surface area contributed by atoms with Crippen molar-refractivity contribution in [2.24, 2.45) is 0 Å². The van der Waals surface area contributed by atoms with E-state index in [0.29, 0.717) is 26.3 Å². The van der Waals surface area contributed by atoms with Gasteiger partial charge in [-0.3, -0.25) is 0 Å². The molecule has 0 amide bonds. The third-order valence-corrected chi connectivity index (χ3v) is 3.83. The molecule has 5 heteroatoms. The summed E-state index contributed by atoms with van der Waals surface area (Å²) in [5.74, 6) is 1.56. The van der Waals surface area contributed by atoms with Gasteiger partial charge in [0.2, 0.25) is 6.79 Å². The van der Waals surface area contributed by atoms with Crippen LogP contribution in [0.4, 0.5) is 0 Å². The fourth-order valence-corrected chi connectivity index (χ4v) is 2.55. The minimum absolute atomic E-state index is 0.283. The molecule has 0 aromatic heterocycles. The molecule has 0 radical (unpaired) electrons. The van der Waals surface area contributed by atoms with Crippen LogP contribution in [0, 0.1) is 0 Å². The number of fused-ring (bicyclic) bond motifs is 1. The van der Waals surface area contributed by atoms with Crippen LogP contribution in [0.25, 0.3) is 0 Å². The zero-order valence-corrected chi connectivity index (χ0v) is 13.6. The molecular formula is C19H23NO4. The van der Waals surface area contributed by atoms with E-state index in [4.69, 9.17) is 14.2 Å². The van der Waals surface area contributed by atoms with E-state index in [-0.39, 0.29) is 6.79 Å². The van der Waals surface area contributed by atoms with Gasteiger partial charge in [-0.2, -0.15) is 0 Å². The van der Waals surface area contributed by atoms with E-state index in [0.717, 1.165) is 23.5 Å². The molecular weight excluding hydrogens is 306 g/mol. The molecule has 1 heterocycles. The Morgan fingerprint density at radius 2 is 1.88 bits per heavy atom. The average molecular weight is 329 g/mol. The molecule has 0 saturated carbocycles. The lowest BCUT2D eigenvalue weighted by atomic mass is 10.2. The number of hydrogen-bond donors (Lipinski definition) is 2. The van der Waals surface area contributed by atoms with Crippen molar-refractivity contribution in [2.75, 3.05) is 26.6 Å². The van der Waals surface area contributed by atoms with E-state index in [1.165, 1.54) is 5.56 Å². The van der Waals surface area contributed by atoms with Crippen molar-refractivity contribution in [3.8, 4) is 11.5 Å². The van der Waals surface area contributed by atoms with Crippen LogP contribution in [0.5, 0.6) is 11.5 Å². The molecule has 24 heavy (non-hydrogen) atoms. The number of ether oxygens (including phenoxy) is 3. The van der Waals surface area contributed by atoms with Gasteiger partial charge in [0, 0.05) is 13.1 Å². The van der Waals surface area contributed by atoms with Gasteiger partial charge in [-0.25, -0.2) is 0 Å². The minimum atomic E-state index is -0.519. The van der Waals surface area contributed by atoms with Crippen molar-refractivity contribution < 1.29 is 19.3 Å². The Morgan fingerprint density at radius 1 is 1.04 bits per heavy atom. The van der Waals surface area contributed by atoms with Gasteiger partial charge in [-0.05, 0) is 29.7 Å². The van der Waals surface area contributed by atoms with E-state index in [1.807, 2.05) is 36.4 Å². The number of rotatable bonds is 9. The summed E-state index contributed by atoms with van der Waals surface area (Å²) in [6.45, 7) is 2.38. The highest BCUT2D eigenvalue weighted by Crippen LogP contribution is 2.32. The Kier molecular flexibility index (Phi) is 6.07. The van der Waals surface area contributed by atoms with Crippen molar-refractivity contribution in [1.82, 2.24) is 5.32 Å². The molecule has 0 spiro atoms. The number of benzene rings is 2. The predicted octanol–water partition coefficient (Wildman–Crippen LogP) is 2.13. The monoisotopic (exact) mass is 329 g/mol. The highest BCUT2D eigenvalue weighted by atomic mass is 16.7. The molecule has 1 aliphatic rings. The van der Waals surface area contributed by atoms with Crippen LogP contribution in [0.2, 0.25) is 0 Å². The Labute approximate surface area is 142 Å². The second-order valence-electron chi connectivity index (χ2n) is 5.78. The SMILES string of the molecule is OC(CNCc1ccc2c(c1)OCO2)COCCc1ccccc1. The first-order chi connectivity index (χ1) is 11.8. The second kappa shape index (κ2) is 8.68. The quantitative estimate of drug-likeness (QED) is 0.690. The third kappa shape index (κ3) is 4.96. The van der Waals surface area contributed by atoms with Crippen molar-refractivity contribution in [3.63, 3.8) is 0 Å². The number of nitrogens with one attached hydrogen (secondary N) is 1. The summed E-state index contributed by atoms with van der Waals surface area (Å²) in [5.41, 5.74) is 2.34. The maximum Gasteiger partial charge on any atom is 0.231 e. The average Bonchev–Trinajstić information content (AvgIpc) is 3.07. The zero-order chi connectivity index (χ0) is 16.6. The molecule has 5 nitrogen and oxygen atoms in total. The zero-order valence-electron chi connectivity index (χ0n) is 13.6. The Bertz CT molecular complexity index is 633. The molecule has 2 N–H and O–H groups in total. The van der Waals surface area contributed by atoms with Gasteiger partial charge >= 0.3 is 0 Å². The van der Waals surface area contributed by atoms with Crippen LogP contribution >= 0.6 is 0 Å². The minimum Gasteiger partial charge on any atom is -0.454 e. The van der Waals surface area contributed by atoms with E-state index >= 15 is 0 Å². The Hall–Kier alpha value is -2.08.